The zero-order chi connectivity index (χ0) is 32.9. The Morgan fingerprint density at radius 1 is 0.521 bits per heavy atom. The van der Waals surface area contributed by atoms with Gasteiger partial charge in [-0.05, 0) is 124 Å². The maximum atomic E-state index is 6.26. The first-order chi connectivity index (χ1) is 23.6. The molecule has 4 aromatic carbocycles. The lowest BCUT2D eigenvalue weighted by Crippen LogP contribution is -2.38. The molecule has 6 heteroatoms. The fraction of sp³-hybridized carbons (Fsp3) is 0.286. The van der Waals surface area contributed by atoms with Gasteiger partial charge in [-0.25, -0.2) is 0 Å². The summed E-state index contributed by atoms with van der Waals surface area (Å²) in [5.74, 6) is 2.63. The van der Waals surface area contributed by atoms with Gasteiger partial charge in [-0.15, -0.1) is 19.7 Å². The Balaban J connectivity index is 1.30. The van der Waals surface area contributed by atoms with Gasteiger partial charge in [-0.1, -0.05) is 36.4 Å². The van der Waals surface area contributed by atoms with E-state index >= 15 is 0 Å². The van der Waals surface area contributed by atoms with Crippen molar-refractivity contribution in [2.75, 3.05) is 39.6 Å². The van der Waals surface area contributed by atoms with Crippen LogP contribution >= 0.6 is 0 Å². The summed E-state index contributed by atoms with van der Waals surface area (Å²) in [5, 5.41) is 0. The average Bonchev–Trinajstić information content (AvgIpc) is 3.90. The molecular weight excluding hydrogens is 600 g/mol. The van der Waals surface area contributed by atoms with E-state index in [1.54, 1.807) is 0 Å². The van der Waals surface area contributed by atoms with Gasteiger partial charge in [0.15, 0.2) is 0 Å². The predicted octanol–water partition coefficient (Wildman–Crippen LogP) is 8.21. The van der Waals surface area contributed by atoms with Crippen molar-refractivity contribution in [3.05, 3.63) is 127 Å². The molecule has 7 rings (SSSR count). The van der Waals surface area contributed by atoms with Gasteiger partial charge in [0.05, 0.1) is 33.0 Å². The van der Waals surface area contributed by atoms with Crippen molar-refractivity contribution in [3.8, 4) is 50.6 Å². The van der Waals surface area contributed by atoms with Crippen LogP contribution in [-0.2, 0) is 33.5 Å². The largest absolute Gasteiger partial charge is 0.490 e. The highest BCUT2D eigenvalue weighted by Gasteiger charge is 2.24. The Kier molecular flexibility index (Phi) is 9.75. The van der Waals surface area contributed by atoms with E-state index in [-0.39, 0.29) is 18.3 Å². The van der Waals surface area contributed by atoms with E-state index in [2.05, 4.69) is 92.5 Å². The third kappa shape index (κ3) is 7.42. The monoisotopic (exact) mass is 642 g/mol. The van der Waals surface area contributed by atoms with E-state index in [1.807, 2.05) is 18.2 Å². The molecule has 3 aliphatic rings. The predicted molar refractivity (Wildman–Crippen MR) is 190 cm³/mol. The topological polar surface area (TPSA) is 58.7 Å². The number of rotatable bonds is 16. The second-order valence-corrected chi connectivity index (χ2v) is 12.6. The number of hydrogen-bond donors (Lipinski definition) is 0. The van der Waals surface area contributed by atoms with Gasteiger partial charge in [0.25, 0.3) is 0 Å². The van der Waals surface area contributed by atoms with E-state index in [0.717, 1.165) is 73.9 Å². The Bertz CT molecular complexity index is 1700. The Morgan fingerprint density at radius 3 is 1.27 bits per heavy atom. The number of benzene rings is 4. The summed E-state index contributed by atoms with van der Waals surface area (Å²) in [5.41, 5.74) is 9.96. The first-order valence-electron chi connectivity index (χ1n) is 16.7. The maximum absolute atomic E-state index is 6.26. The minimum atomic E-state index is 0.0939. The van der Waals surface area contributed by atoms with E-state index in [4.69, 9.17) is 28.4 Å². The van der Waals surface area contributed by atoms with E-state index in [0.29, 0.717) is 52.3 Å². The second-order valence-electron chi connectivity index (χ2n) is 12.6. The minimum absolute atomic E-state index is 0.0939. The zero-order valence-electron chi connectivity index (χ0n) is 27.3. The van der Waals surface area contributed by atoms with Crippen LogP contribution in [0.4, 0.5) is 0 Å². The van der Waals surface area contributed by atoms with Crippen molar-refractivity contribution in [2.45, 2.75) is 37.6 Å². The van der Waals surface area contributed by atoms with Gasteiger partial charge in [-0.3, -0.25) is 0 Å². The lowest BCUT2D eigenvalue weighted by molar-refractivity contribution is -0.0799. The highest BCUT2D eigenvalue weighted by Crippen LogP contribution is 2.38. The molecule has 3 fully saturated rings. The van der Waals surface area contributed by atoms with Gasteiger partial charge < -0.3 is 28.4 Å². The molecule has 0 aliphatic carbocycles. The smallest absolute Gasteiger partial charge is 0.145 e. The van der Waals surface area contributed by atoms with Crippen LogP contribution in [-0.4, -0.2) is 58.0 Å². The van der Waals surface area contributed by atoms with E-state index in [9.17, 15) is 0 Å². The lowest BCUT2D eigenvalue weighted by atomic mass is 9.91. The summed E-state index contributed by atoms with van der Waals surface area (Å²) in [6.45, 7) is 15.8. The lowest BCUT2D eigenvalue weighted by Gasteiger charge is -2.28. The first kappa shape index (κ1) is 32.0. The fourth-order valence-corrected chi connectivity index (χ4v) is 5.99. The van der Waals surface area contributed by atoms with Crippen LogP contribution in [0.5, 0.6) is 17.2 Å². The number of hydrogen-bond acceptors (Lipinski definition) is 6. The fourth-order valence-electron chi connectivity index (χ4n) is 5.99. The van der Waals surface area contributed by atoms with Crippen LogP contribution in [0.2, 0.25) is 0 Å². The van der Waals surface area contributed by atoms with E-state index in [1.165, 1.54) is 0 Å². The quantitative estimate of drug-likeness (QED) is 0.0907. The van der Waals surface area contributed by atoms with Gasteiger partial charge >= 0.3 is 0 Å². The van der Waals surface area contributed by atoms with Crippen LogP contribution < -0.4 is 14.2 Å². The van der Waals surface area contributed by atoms with Crippen molar-refractivity contribution in [2.24, 2.45) is 0 Å². The van der Waals surface area contributed by atoms with Gasteiger partial charge in [0.2, 0.25) is 0 Å². The van der Waals surface area contributed by atoms with Crippen LogP contribution in [0, 0.1) is 0 Å². The molecule has 0 aromatic heterocycles. The van der Waals surface area contributed by atoms with Gasteiger partial charge in [0, 0.05) is 0 Å². The molecule has 0 bridgehead atoms. The molecule has 1 atom stereocenters. The molecule has 1 unspecified atom stereocenters. The molecule has 0 radical (unpaired) electrons. The summed E-state index contributed by atoms with van der Waals surface area (Å²) in [6, 6.07) is 26.1. The maximum Gasteiger partial charge on any atom is 0.145 e. The van der Waals surface area contributed by atoms with Gasteiger partial charge in [0.1, 0.15) is 42.2 Å². The molecule has 0 spiro atoms. The van der Waals surface area contributed by atoms with Crippen LogP contribution in [0.15, 0.2) is 111 Å². The highest BCUT2D eigenvalue weighted by atomic mass is 16.6. The molecule has 3 heterocycles. The van der Waals surface area contributed by atoms with Crippen molar-refractivity contribution in [3.63, 3.8) is 0 Å². The molecule has 246 valence electrons. The first-order valence-corrected chi connectivity index (χ1v) is 16.7. The molecule has 6 nitrogen and oxygen atoms in total. The molecule has 48 heavy (non-hydrogen) atoms. The number of epoxide rings is 1. The normalized spacial score (nSPS) is 17.1. The van der Waals surface area contributed by atoms with Crippen LogP contribution in [0.3, 0.4) is 0 Å². The summed E-state index contributed by atoms with van der Waals surface area (Å²) >= 11 is 0. The van der Waals surface area contributed by atoms with Crippen LogP contribution in [0.25, 0.3) is 33.4 Å². The molecule has 0 N–H and O–H groups in total. The minimum Gasteiger partial charge on any atom is -0.490 e. The Morgan fingerprint density at radius 2 is 0.917 bits per heavy atom. The van der Waals surface area contributed by atoms with Crippen molar-refractivity contribution in [1.82, 2.24) is 0 Å². The zero-order valence-corrected chi connectivity index (χ0v) is 27.3. The standard InChI is InChI=1S/C42H42O6/c1-4-7-31-16-28(10-13-40(31)46-27-37-26-45-37)34-19-35(29-11-14-41(32(17-29)8-5-2)47-38-22-43-23-38)21-36(20-34)30-12-15-42(33(18-30)9-6-3)48-39-24-44-25-39/h4-6,10-21,37-39H,1-3,7-9,22-27H2. The van der Waals surface area contributed by atoms with Crippen LogP contribution in [0.1, 0.15) is 16.7 Å². The summed E-state index contributed by atoms with van der Waals surface area (Å²) in [6.07, 6.45) is 8.26. The molecule has 3 aliphatic heterocycles. The van der Waals surface area contributed by atoms with Crippen molar-refractivity contribution in [1.29, 1.82) is 0 Å². The van der Waals surface area contributed by atoms with E-state index < -0.39 is 0 Å². The molecule has 3 saturated heterocycles. The Hall–Kier alpha value is -4.62. The SMILES string of the molecule is C=CCc1cc(-c2cc(-c3ccc(OC4COC4)c(CC=C)c3)cc(-c3ccc(OC4COC4)c(CC=C)c3)c2)ccc1OCC1CO1. The third-order valence-electron chi connectivity index (χ3n) is 8.84. The third-order valence-corrected chi connectivity index (χ3v) is 8.84. The van der Waals surface area contributed by atoms with Gasteiger partial charge in [-0.2, -0.15) is 0 Å². The molecular formula is C42H42O6. The summed E-state index contributed by atoms with van der Waals surface area (Å²) in [7, 11) is 0. The summed E-state index contributed by atoms with van der Waals surface area (Å²) in [4.78, 5) is 0. The Labute approximate surface area is 283 Å². The number of ether oxygens (including phenoxy) is 6. The molecule has 0 amide bonds. The van der Waals surface area contributed by atoms with Crippen molar-refractivity contribution >= 4 is 0 Å². The molecule has 4 aromatic rings. The molecule has 0 saturated carbocycles. The number of allylic oxidation sites excluding steroid dienone is 3. The highest BCUT2D eigenvalue weighted by molar-refractivity contribution is 5.82. The second kappa shape index (κ2) is 14.7. The summed E-state index contributed by atoms with van der Waals surface area (Å²) < 4.78 is 34.7. The average molecular weight is 643 g/mol. The van der Waals surface area contributed by atoms with Crippen molar-refractivity contribution < 1.29 is 28.4 Å².